The van der Waals surface area contributed by atoms with Gasteiger partial charge in [-0.15, -0.1) is 5.10 Å². The molecule has 0 saturated carbocycles. The van der Waals surface area contributed by atoms with E-state index in [1.54, 1.807) is 16.4 Å². The monoisotopic (exact) mass is 444 g/mol. The van der Waals surface area contributed by atoms with Crippen molar-refractivity contribution in [2.75, 3.05) is 24.3 Å². The third-order valence-electron chi connectivity index (χ3n) is 4.89. The van der Waals surface area contributed by atoms with Gasteiger partial charge in [0.15, 0.2) is 0 Å². The normalized spacial score (nSPS) is 15.4. The average molecular weight is 445 g/mol. The summed E-state index contributed by atoms with van der Waals surface area (Å²) in [4.78, 5) is 17.7. The number of nitrogens with zero attached hydrogens (tertiary/aromatic N) is 3. The lowest BCUT2D eigenvalue weighted by Gasteiger charge is -2.28. The summed E-state index contributed by atoms with van der Waals surface area (Å²) in [5, 5.41) is 8.66. The summed E-state index contributed by atoms with van der Waals surface area (Å²) in [6.07, 6.45) is 3.80. The van der Waals surface area contributed by atoms with Crippen LogP contribution < -0.4 is 10.1 Å². The van der Waals surface area contributed by atoms with Gasteiger partial charge >= 0.3 is 5.97 Å². The molecule has 1 aromatic carbocycles. The molecular weight excluding hydrogens is 412 g/mol. The Labute approximate surface area is 188 Å². The Morgan fingerprint density at radius 1 is 1.13 bits per heavy atom. The molecule has 0 fully saturated rings. The number of hydrogen-bond donors (Lipinski definition) is 1. The molecule has 0 radical (unpaired) electrons. The molecule has 0 saturated heterocycles. The number of benzene rings is 1. The van der Waals surface area contributed by atoms with Gasteiger partial charge in [-0.1, -0.05) is 51.1 Å². The number of ether oxygens (including phenoxy) is 2. The van der Waals surface area contributed by atoms with Gasteiger partial charge in [0, 0.05) is 11.4 Å². The number of anilines is 1. The number of aromatic nitrogens is 3. The molecule has 0 amide bonds. The first kappa shape index (κ1) is 23.2. The van der Waals surface area contributed by atoms with Gasteiger partial charge in [0.25, 0.3) is 0 Å². The number of esters is 1. The highest BCUT2D eigenvalue weighted by Gasteiger charge is 2.35. The van der Waals surface area contributed by atoms with Crippen molar-refractivity contribution in [1.82, 2.24) is 14.8 Å². The minimum atomic E-state index is -0.408. The molecule has 1 aromatic heterocycles. The molecule has 31 heavy (non-hydrogen) atoms. The summed E-state index contributed by atoms with van der Waals surface area (Å²) < 4.78 is 13.1. The van der Waals surface area contributed by atoms with Crippen LogP contribution in [0.4, 0.5) is 5.95 Å². The average Bonchev–Trinajstić information content (AvgIpc) is 3.18. The molecule has 1 aliphatic rings. The van der Waals surface area contributed by atoms with E-state index in [2.05, 4.69) is 31.1 Å². The van der Waals surface area contributed by atoms with E-state index < -0.39 is 6.04 Å². The molecule has 2 heterocycles. The molecule has 0 bridgehead atoms. The summed E-state index contributed by atoms with van der Waals surface area (Å²) in [6, 6.07) is 7.43. The van der Waals surface area contributed by atoms with Crippen LogP contribution in [0.15, 0.2) is 40.7 Å². The van der Waals surface area contributed by atoms with Crippen LogP contribution in [0.25, 0.3) is 0 Å². The Kier molecular flexibility index (Phi) is 8.40. The van der Waals surface area contributed by atoms with Crippen LogP contribution in [0.2, 0.25) is 0 Å². The van der Waals surface area contributed by atoms with E-state index in [9.17, 15) is 4.79 Å². The number of hydrogen-bond acceptors (Lipinski definition) is 7. The lowest BCUT2D eigenvalue weighted by molar-refractivity contribution is -0.139. The summed E-state index contributed by atoms with van der Waals surface area (Å²) in [5.74, 6) is 2.07. The molecular formula is C23H32N4O3S. The van der Waals surface area contributed by atoms with E-state index in [-0.39, 0.29) is 5.97 Å². The van der Waals surface area contributed by atoms with Gasteiger partial charge in [-0.25, -0.2) is 9.48 Å². The lowest BCUT2D eigenvalue weighted by Crippen LogP contribution is -2.29. The summed E-state index contributed by atoms with van der Waals surface area (Å²) in [7, 11) is 0. The van der Waals surface area contributed by atoms with Crippen molar-refractivity contribution in [3.63, 3.8) is 0 Å². The van der Waals surface area contributed by atoms with Gasteiger partial charge in [-0.3, -0.25) is 0 Å². The second-order valence-electron chi connectivity index (χ2n) is 7.48. The van der Waals surface area contributed by atoms with E-state index in [0.717, 1.165) is 48.4 Å². The molecule has 2 aromatic rings. The predicted molar refractivity (Wildman–Crippen MR) is 124 cm³/mol. The number of unbranched alkanes of at least 4 members (excludes halogenated alkanes) is 1. The minimum Gasteiger partial charge on any atom is -0.494 e. The van der Waals surface area contributed by atoms with Crippen LogP contribution in [-0.2, 0) is 9.53 Å². The number of fused-ring (bicyclic) bond motifs is 1. The first-order valence-corrected chi connectivity index (χ1v) is 12.0. The highest BCUT2D eigenvalue weighted by molar-refractivity contribution is 7.99. The number of thioether (sulfide) groups is 1. The number of nitrogens with one attached hydrogen (secondary N) is 1. The van der Waals surface area contributed by atoms with Crippen molar-refractivity contribution in [2.45, 2.75) is 64.6 Å². The van der Waals surface area contributed by atoms with Crippen LogP contribution in [0, 0.1) is 0 Å². The summed E-state index contributed by atoms with van der Waals surface area (Å²) in [5.41, 5.74) is 2.23. The fraction of sp³-hybridized carbons (Fsp3) is 0.522. The van der Waals surface area contributed by atoms with Gasteiger partial charge < -0.3 is 14.8 Å². The number of carbonyl (C=O) groups is 1. The number of carbonyl (C=O) groups excluding carboxylic acids is 1. The maximum Gasteiger partial charge on any atom is 0.338 e. The predicted octanol–water partition coefficient (Wildman–Crippen LogP) is 5.20. The lowest BCUT2D eigenvalue weighted by atomic mass is 9.96. The van der Waals surface area contributed by atoms with Crippen molar-refractivity contribution < 1.29 is 14.3 Å². The molecule has 0 aliphatic carbocycles. The zero-order valence-electron chi connectivity index (χ0n) is 18.8. The van der Waals surface area contributed by atoms with Gasteiger partial charge in [-0.05, 0) is 43.9 Å². The van der Waals surface area contributed by atoms with Gasteiger partial charge in [-0.2, -0.15) is 4.98 Å². The first-order chi connectivity index (χ1) is 15.1. The summed E-state index contributed by atoms with van der Waals surface area (Å²) in [6.45, 7) is 9.24. The largest absolute Gasteiger partial charge is 0.494 e. The molecule has 3 rings (SSSR count). The Balaban J connectivity index is 1.96. The highest BCUT2D eigenvalue weighted by Crippen LogP contribution is 2.37. The first-order valence-electron chi connectivity index (χ1n) is 11.1. The minimum absolute atomic E-state index is 0.321. The van der Waals surface area contributed by atoms with Crippen molar-refractivity contribution in [1.29, 1.82) is 0 Å². The fourth-order valence-corrected chi connectivity index (χ4v) is 4.00. The van der Waals surface area contributed by atoms with Crippen LogP contribution in [0.5, 0.6) is 5.75 Å². The number of rotatable bonds is 11. The van der Waals surface area contributed by atoms with Gasteiger partial charge in [0.2, 0.25) is 11.1 Å². The van der Waals surface area contributed by atoms with Crippen LogP contribution in [0.1, 0.15) is 65.0 Å². The van der Waals surface area contributed by atoms with E-state index in [1.165, 1.54) is 0 Å². The van der Waals surface area contributed by atoms with Crippen molar-refractivity contribution in [3.05, 3.63) is 41.1 Å². The molecule has 168 valence electrons. The second-order valence-corrected chi connectivity index (χ2v) is 8.55. The second kappa shape index (κ2) is 11.2. The van der Waals surface area contributed by atoms with Crippen LogP contribution >= 0.6 is 11.8 Å². The van der Waals surface area contributed by atoms with Gasteiger partial charge in [0.05, 0.1) is 18.8 Å². The Morgan fingerprint density at radius 3 is 2.58 bits per heavy atom. The topological polar surface area (TPSA) is 78.3 Å². The van der Waals surface area contributed by atoms with E-state index in [4.69, 9.17) is 14.6 Å². The van der Waals surface area contributed by atoms with Gasteiger partial charge in [0.1, 0.15) is 11.8 Å². The van der Waals surface area contributed by atoms with E-state index in [1.807, 2.05) is 31.2 Å². The molecule has 1 unspecified atom stereocenters. The molecule has 0 spiro atoms. The number of allylic oxidation sites excluding steroid dienone is 1. The van der Waals surface area contributed by atoms with E-state index >= 15 is 0 Å². The Hall–Kier alpha value is -2.48. The molecule has 8 heteroatoms. The molecule has 7 nitrogen and oxygen atoms in total. The zero-order valence-corrected chi connectivity index (χ0v) is 19.6. The third kappa shape index (κ3) is 5.61. The summed E-state index contributed by atoms with van der Waals surface area (Å²) >= 11 is 1.61. The van der Waals surface area contributed by atoms with Crippen molar-refractivity contribution in [3.8, 4) is 5.75 Å². The SMILES string of the molecule is CCCCOC(=O)C1=C(C)Nc2nc(SCCC)nn2C1c1ccc(OCCC)cc1. The Morgan fingerprint density at radius 2 is 1.90 bits per heavy atom. The maximum atomic E-state index is 13.1. The Bertz CT molecular complexity index is 908. The van der Waals surface area contributed by atoms with Crippen molar-refractivity contribution in [2.24, 2.45) is 0 Å². The smallest absolute Gasteiger partial charge is 0.338 e. The third-order valence-corrected chi connectivity index (χ3v) is 5.93. The highest BCUT2D eigenvalue weighted by atomic mass is 32.2. The van der Waals surface area contributed by atoms with Crippen LogP contribution in [-0.4, -0.2) is 39.7 Å². The fourth-order valence-electron chi connectivity index (χ4n) is 3.31. The van der Waals surface area contributed by atoms with Crippen LogP contribution in [0.3, 0.4) is 0 Å². The van der Waals surface area contributed by atoms with E-state index in [0.29, 0.717) is 29.9 Å². The van der Waals surface area contributed by atoms with Crippen molar-refractivity contribution >= 4 is 23.7 Å². The quantitative estimate of drug-likeness (QED) is 0.290. The maximum absolute atomic E-state index is 13.1. The zero-order chi connectivity index (χ0) is 22.2. The molecule has 1 atom stereocenters. The molecule has 1 aliphatic heterocycles. The molecule has 1 N–H and O–H groups in total. The standard InChI is InChI=1S/C23H32N4O3S/c1-5-8-14-30-21(28)19-16(4)24-22-25-23(31-15-7-3)26-27(22)20(19)17-9-11-18(12-10-17)29-13-6-2/h9-12,20H,5-8,13-15H2,1-4H3,(H,24,25,26).